The van der Waals surface area contributed by atoms with E-state index in [-0.39, 0.29) is 5.91 Å². The van der Waals surface area contributed by atoms with Crippen LogP contribution in [0.4, 0.5) is 23.3 Å². The fourth-order valence-electron chi connectivity index (χ4n) is 6.04. The molecule has 40 heavy (non-hydrogen) atoms. The molecule has 3 aromatic heterocycles. The van der Waals surface area contributed by atoms with Crippen LogP contribution in [0.25, 0.3) is 21.9 Å². The van der Waals surface area contributed by atoms with Gasteiger partial charge in [0, 0.05) is 49.1 Å². The number of H-pyrrole nitrogens is 2. The first-order valence-electron chi connectivity index (χ1n) is 14.1. The van der Waals surface area contributed by atoms with Crippen LogP contribution in [0, 0.1) is 0 Å². The summed E-state index contributed by atoms with van der Waals surface area (Å²) in [6, 6.07) is 10.2. The van der Waals surface area contributed by atoms with Crippen LogP contribution in [-0.2, 0) is 0 Å². The first-order chi connectivity index (χ1) is 19.6. The number of aromatic amines is 2. The highest BCUT2D eigenvalue weighted by Crippen LogP contribution is 2.33. The van der Waals surface area contributed by atoms with Gasteiger partial charge in [0.05, 0.1) is 34.0 Å². The van der Waals surface area contributed by atoms with E-state index in [1.807, 2.05) is 42.7 Å². The van der Waals surface area contributed by atoms with Gasteiger partial charge in [0.25, 0.3) is 5.91 Å². The van der Waals surface area contributed by atoms with E-state index in [1.165, 1.54) is 25.7 Å². The second kappa shape index (κ2) is 10.3. The minimum absolute atomic E-state index is 0.158. The lowest BCUT2D eigenvalue weighted by atomic mass is 10.1. The molecule has 2 aliphatic rings. The van der Waals surface area contributed by atoms with Gasteiger partial charge in [0.15, 0.2) is 0 Å². The molecule has 5 aromatic rings. The van der Waals surface area contributed by atoms with Gasteiger partial charge in [-0.2, -0.15) is 5.10 Å². The fraction of sp³-hybridized carbons (Fsp3) is 0.379. The maximum Gasteiger partial charge on any atom is 0.257 e. The van der Waals surface area contributed by atoms with E-state index in [0.29, 0.717) is 23.2 Å². The zero-order valence-electron chi connectivity index (χ0n) is 22.7. The number of benzene rings is 2. The average Bonchev–Trinajstić information content (AvgIpc) is 3.75. The Balaban J connectivity index is 1.23. The minimum atomic E-state index is -0.158. The van der Waals surface area contributed by atoms with Crippen molar-refractivity contribution in [2.45, 2.75) is 38.1 Å². The zero-order valence-corrected chi connectivity index (χ0v) is 22.7. The van der Waals surface area contributed by atoms with E-state index in [1.54, 1.807) is 6.20 Å². The lowest BCUT2D eigenvalue weighted by molar-refractivity contribution is 0.102. The van der Waals surface area contributed by atoms with Crippen LogP contribution in [0.1, 0.15) is 48.5 Å². The van der Waals surface area contributed by atoms with E-state index < -0.39 is 0 Å². The summed E-state index contributed by atoms with van der Waals surface area (Å²) in [4.78, 5) is 31.2. The number of likely N-dealkylation sites (N-methyl/N-ethyl adjacent to an activating group) is 1. The molecule has 1 saturated heterocycles. The molecule has 11 nitrogen and oxygen atoms in total. The molecule has 4 N–H and O–H groups in total. The Hall–Kier alpha value is -4.38. The standard InChI is InChI=1S/C29H34N10O/c1-37-10-4-11-38(14-13-37)26-17-25-24(16-22(26)27(40)32-20-8-7-19-18-31-36-23(19)15-20)33-28(34-25)35-29-30-9-12-39(29)21-5-2-3-6-21/h7-9,12,15-18,21H,2-6,10-11,13-14H2,1H3,(H,31,36)(H,32,40)(H2,30,33,34,35). The number of amides is 1. The molecular formula is C29H34N10O. The third kappa shape index (κ3) is 4.77. The second-order valence-corrected chi connectivity index (χ2v) is 11.0. The van der Waals surface area contributed by atoms with E-state index >= 15 is 0 Å². The normalized spacial score (nSPS) is 17.1. The molecule has 1 aliphatic heterocycles. The Bertz CT molecular complexity index is 1660. The summed E-state index contributed by atoms with van der Waals surface area (Å²) in [5.74, 6) is 1.24. The monoisotopic (exact) mass is 538 g/mol. The molecular weight excluding hydrogens is 504 g/mol. The number of carbonyl (C=O) groups is 1. The topological polar surface area (TPSA) is 123 Å². The van der Waals surface area contributed by atoms with Crippen molar-refractivity contribution < 1.29 is 4.79 Å². The Kier molecular flexibility index (Phi) is 6.35. The molecule has 2 fully saturated rings. The average molecular weight is 539 g/mol. The maximum absolute atomic E-state index is 13.8. The number of anilines is 4. The number of hydrogen-bond donors (Lipinski definition) is 4. The molecule has 11 heteroatoms. The molecule has 0 spiro atoms. The SMILES string of the molecule is CN1CCCN(c2cc3nc(Nc4nccn4C4CCCC4)[nH]c3cc2C(=O)Nc2ccc3cn[nH]c3c2)CC1. The molecule has 1 amide bonds. The third-order valence-electron chi connectivity index (χ3n) is 8.22. The molecule has 2 aromatic carbocycles. The van der Waals surface area contributed by atoms with Crippen molar-refractivity contribution in [1.82, 2.24) is 34.6 Å². The summed E-state index contributed by atoms with van der Waals surface area (Å²) in [5, 5.41) is 14.6. The number of nitrogens with one attached hydrogen (secondary N) is 4. The van der Waals surface area contributed by atoms with E-state index in [4.69, 9.17) is 4.98 Å². The highest BCUT2D eigenvalue weighted by atomic mass is 16.1. The fourth-order valence-corrected chi connectivity index (χ4v) is 6.04. The molecule has 206 valence electrons. The number of carbonyl (C=O) groups excluding carboxylic acids is 1. The molecule has 0 unspecified atom stereocenters. The lowest BCUT2D eigenvalue weighted by Gasteiger charge is -2.25. The molecule has 7 rings (SSSR count). The highest BCUT2D eigenvalue weighted by Gasteiger charge is 2.23. The van der Waals surface area contributed by atoms with Gasteiger partial charge in [0.2, 0.25) is 11.9 Å². The second-order valence-electron chi connectivity index (χ2n) is 11.0. The van der Waals surface area contributed by atoms with Crippen molar-refractivity contribution in [2.24, 2.45) is 0 Å². The Morgan fingerprint density at radius 3 is 2.83 bits per heavy atom. The van der Waals surface area contributed by atoms with Crippen LogP contribution < -0.4 is 15.5 Å². The van der Waals surface area contributed by atoms with Crippen LogP contribution in [-0.4, -0.2) is 73.8 Å². The molecule has 0 radical (unpaired) electrons. The van der Waals surface area contributed by atoms with E-state index in [0.717, 1.165) is 66.2 Å². The van der Waals surface area contributed by atoms with Gasteiger partial charge in [-0.25, -0.2) is 9.97 Å². The summed E-state index contributed by atoms with van der Waals surface area (Å²) in [7, 11) is 2.15. The molecule has 0 bridgehead atoms. The van der Waals surface area contributed by atoms with Crippen molar-refractivity contribution in [1.29, 1.82) is 0 Å². The van der Waals surface area contributed by atoms with Crippen molar-refractivity contribution in [2.75, 3.05) is 48.8 Å². The van der Waals surface area contributed by atoms with Crippen LogP contribution in [0.15, 0.2) is 48.9 Å². The van der Waals surface area contributed by atoms with Gasteiger partial charge in [0.1, 0.15) is 0 Å². The smallest absolute Gasteiger partial charge is 0.257 e. The Labute approximate surface area is 232 Å². The van der Waals surface area contributed by atoms with Crippen molar-refractivity contribution >= 4 is 51.1 Å². The summed E-state index contributed by atoms with van der Waals surface area (Å²) >= 11 is 0. The third-order valence-corrected chi connectivity index (χ3v) is 8.22. The molecule has 4 heterocycles. The van der Waals surface area contributed by atoms with Crippen LogP contribution >= 0.6 is 0 Å². The number of rotatable bonds is 6. The first kappa shape index (κ1) is 24.6. The number of imidazole rings is 2. The highest BCUT2D eigenvalue weighted by molar-refractivity contribution is 6.11. The number of nitrogens with zero attached hydrogens (tertiary/aromatic N) is 6. The van der Waals surface area contributed by atoms with Gasteiger partial charge in [-0.3, -0.25) is 15.2 Å². The number of aromatic nitrogens is 6. The summed E-state index contributed by atoms with van der Waals surface area (Å²) < 4.78 is 2.22. The van der Waals surface area contributed by atoms with Crippen LogP contribution in [0.3, 0.4) is 0 Å². The molecule has 1 saturated carbocycles. The minimum Gasteiger partial charge on any atom is -0.369 e. The van der Waals surface area contributed by atoms with Gasteiger partial charge in [-0.1, -0.05) is 12.8 Å². The molecule has 1 aliphatic carbocycles. The van der Waals surface area contributed by atoms with Gasteiger partial charge in [-0.05, 0) is 63.2 Å². The number of fused-ring (bicyclic) bond motifs is 2. The Morgan fingerprint density at radius 2 is 1.93 bits per heavy atom. The van der Waals surface area contributed by atoms with Gasteiger partial charge < -0.3 is 24.7 Å². The summed E-state index contributed by atoms with van der Waals surface area (Å²) in [6.07, 6.45) is 11.5. The predicted octanol–water partition coefficient (Wildman–Crippen LogP) is 4.89. The largest absolute Gasteiger partial charge is 0.369 e. The quantitative estimate of drug-likeness (QED) is 0.243. The van der Waals surface area contributed by atoms with Crippen molar-refractivity contribution in [3.05, 3.63) is 54.5 Å². The van der Waals surface area contributed by atoms with Crippen LogP contribution in [0.2, 0.25) is 0 Å². The summed E-state index contributed by atoms with van der Waals surface area (Å²) in [5.41, 5.74) is 4.71. The predicted molar refractivity (Wildman–Crippen MR) is 157 cm³/mol. The zero-order chi connectivity index (χ0) is 27.1. The van der Waals surface area contributed by atoms with Crippen molar-refractivity contribution in [3.63, 3.8) is 0 Å². The first-order valence-corrected chi connectivity index (χ1v) is 14.1. The maximum atomic E-state index is 13.8. The van der Waals surface area contributed by atoms with Crippen molar-refractivity contribution in [3.8, 4) is 0 Å². The lowest BCUT2D eigenvalue weighted by Crippen LogP contribution is -2.30. The van der Waals surface area contributed by atoms with Gasteiger partial charge in [-0.15, -0.1) is 0 Å². The van der Waals surface area contributed by atoms with Crippen LogP contribution in [0.5, 0.6) is 0 Å². The van der Waals surface area contributed by atoms with Gasteiger partial charge >= 0.3 is 0 Å². The van der Waals surface area contributed by atoms with E-state index in [9.17, 15) is 4.79 Å². The van der Waals surface area contributed by atoms with E-state index in [2.05, 4.69) is 52.2 Å². The summed E-state index contributed by atoms with van der Waals surface area (Å²) in [6.45, 7) is 3.70. The molecule has 0 atom stereocenters. The Morgan fingerprint density at radius 1 is 1.02 bits per heavy atom. The number of hydrogen-bond acceptors (Lipinski definition) is 7.